The molecule has 4 rings (SSSR count). The van der Waals surface area contributed by atoms with E-state index in [1.807, 2.05) is 54.6 Å². The number of aromatic hydroxyl groups is 1. The molecule has 0 saturated carbocycles. The third kappa shape index (κ3) is 4.29. The Kier molecular flexibility index (Phi) is 5.41. The van der Waals surface area contributed by atoms with E-state index >= 15 is 0 Å². The summed E-state index contributed by atoms with van der Waals surface area (Å²) >= 11 is 5.95. The van der Waals surface area contributed by atoms with Crippen molar-refractivity contribution in [2.24, 2.45) is 5.73 Å². The summed E-state index contributed by atoms with van der Waals surface area (Å²) in [4.78, 5) is 4.63. The number of pyridine rings is 1. The zero-order valence-electron chi connectivity index (χ0n) is 15.7. The van der Waals surface area contributed by atoms with Gasteiger partial charge in [0.15, 0.2) is 11.6 Å². The molecule has 0 amide bonds. The van der Waals surface area contributed by atoms with Crippen LogP contribution in [-0.4, -0.2) is 10.1 Å². The second kappa shape index (κ2) is 8.31. The summed E-state index contributed by atoms with van der Waals surface area (Å²) in [6.45, 7) is 0. The highest BCUT2D eigenvalue weighted by Crippen LogP contribution is 2.27. The van der Waals surface area contributed by atoms with Crippen molar-refractivity contribution in [1.82, 2.24) is 4.98 Å². The molecule has 0 bridgehead atoms. The quantitative estimate of drug-likeness (QED) is 0.304. The lowest BCUT2D eigenvalue weighted by Crippen LogP contribution is -2.03. The Bertz CT molecular complexity index is 1240. The summed E-state index contributed by atoms with van der Waals surface area (Å²) in [5.74, 6) is -1.12. The van der Waals surface area contributed by atoms with Crippen LogP contribution < -0.4 is 16.4 Å². The molecular formula is C23H18ClFN4O. The largest absolute Gasteiger partial charge is 0.505 e. The van der Waals surface area contributed by atoms with Crippen molar-refractivity contribution >= 4 is 45.3 Å². The Hall–Kier alpha value is -3.77. The molecule has 0 aliphatic carbocycles. The number of fused-ring (bicyclic) bond motifs is 1. The summed E-state index contributed by atoms with van der Waals surface area (Å²) in [5.41, 5.74) is 10.2. The zero-order valence-corrected chi connectivity index (χ0v) is 16.5. The lowest BCUT2D eigenvalue weighted by Gasteiger charge is -2.11. The maximum atomic E-state index is 13.4. The van der Waals surface area contributed by atoms with Crippen molar-refractivity contribution in [1.29, 1.82) is 0 Å². The first-order chi connectivity index (χ1) is 14.5. The van der Waals surface area contributed by atoms with Crippen LogP contribution >= 0.6 is 11.6 Å². The second-order valence-corrected chi connectivity index (χ2v) is 7.05. The molecule has 0 spiro atoms. The number of hydrogen-bond acceptors (Lipinski definition) is 5. The molecule has 0 radical (unpaired) electrons. The van der Waals surface area contributed by atoms with E-state index < -0.39 is 11.6 Å². The van der Waals surface area contributed by atoms with Crippen molar-refractivity contribution in [2.45, 2.75) is 0 Å². The van der Waals surface area contributed by atoms with Crippen LogP contribution in [0.5, 0.6) is 5.75 Å². The van der Waals surface area contributed by atoms with Crippen LogP contribution in [0.1, 0.15) is 5.69 Å². The molecule has 0 aliphatic heterocycles. The first-order valence-corrected chi connectivity index (χ1v) is 9.51. The van der Waals surface area contributed by atoms with Crippen LogP contribution in [0.2, 0.25) is 5.02 Å². The molecule has 7 heteroatoms. The molecule has 0 atom stereocenters. The van der Waals surface area contributed by atoms with E-state index in [0.29, 0.717) is 22.1 Å². The van der Waals surface area contributed by atoms with E-state index in [4.69, 9.17) is 17.3 Å². The van der Waals surface area contributed by atoms with Gasteiger partial charge in [0, 0.05) is 39.7 Å². The number of phenolic OH excluding ortho intramolecular Hbond substituents is 1. The number of hydrogen-bond donors (Lipinski definition) is 4. The minimum Gasteiger partial charge on any atom is -0.505 e. The summed E-state index contributed by atoms with van der Waals surface area (Å²) in [7, 11) is 0. The molecule has 0 fully saturated rings. The fourth-order valence-corrected chi connectivity index (χ4v) is 3.07. The summed E-state index contributed by atoms with van der Waals surface area (Å²) in [6.07, 6.45) is 1.54. The van der Waals surface area contributed by atoms with Crippen LogP contribution in [0.3, 0.4) is 0 Å². The number of nitrogens with one attached hydrogen (secondary N) is 2. The molecule has 0 aliphatic rings. The molecule has 30 heavy (non-hydrogen) atoms. The number of anilines is 3. The topological polar surface area (TPSA) is 83.2 Å². The van der Waals surface area contributed by atoms with E-state index in [2.05, 4.69) is 15.6 Å². The molecule has 0 saturated heterocycles. The van der Waals surface area contributed by atoms with Gasteiger partial charge in [0.05, 0.1) is 16.9 Å². The summed E-state index contributed by atoms with van der Waals surface area (Å²) in [6, 6.07) is 21.0. The van der Waals surface area contributed by atoms with Gasteiger partial charge in [-0.05, 0) is 60.7 Å². The Balaban J connectivity index is 1.58. The highest BCUT2D eigenvalue weighted by molar-refractivity contribution is 6.30. The van der Waals surface area contributed by atoms with E-state index in [9.17, 15) is 9.50 Å². The van der Waals surface area contributed by atoms with Gasteiger partial charge in [-0.15, -0.1) is 0 Å². The zero-order chi connectivity index (χ0) is 21.1. The van der Waals surface area contributed by atoms with Crippen molar-refractivity contribution < 1.29 is 9.50 Å². The molecule has 150 valence electrons. The fourth-order valence-electron chi connectivity index (χ4n) is 2.95. The third-order valence-electron chi connectivity index (χ3n) is 4.49. The van der Waals surface area contributed by atoms with Gasteiger partial charge < -0.3 is 21.5 Å². The average Bonchev–Trinajstić information content (AvgIpc) is 2.76. The van der Waals surface area contributed by atoms with E-state index in [1.165, 1.54) is 18.3 Å². The third-order valence-corrected chi connectivity index (χ3v) is 4.74. The smallest absolute Gasteiger partial charge is 0.166 e. The van der Waals surface area contributed by atoms with Gasteiger partial charge in [-0.1, -0.05) is 17.7 Å². The first kappa shape index (κ1) is 19.5. The second-order valence-electron chi connectivity index (χ2n) is 6.61. The minimum atomic E-state index is -0.712. The Morgan fingerprint density at radius 1 is 1.00 bits per heavy atom. The summed E-state index contributed by atoms with van der Waals surface area (Å²) in [5, 5.41) is 17.2. The molecule has 3 aromatic carbocycles. The monoisotopic (exact) mass is 420 g/mol. The van der Waals surface area contributed by atoms with Crippen LogP contribution in [0, 0.1) is 5.82 Å². The maximum absolute atomic E-state index is 13.4. The minimum absolute atomic E-state index is 0.390. The SMILES string of the molecule is N/C(=C\Nc1ccc(O)c(F)c1)c1ccc2c(Nc3ccc(Cl)cc3)cccc2n1. The normalized spacial score (nSPS) is 11.5. The molecule has 5 nitrogen and oxygen atoms in total. The number of aromatic nitrogens is 1. The average molecular weight is 421 g/mol. The molecule has 4 aromatic rings. The van der Waals surface area contributed by atoms with Gasteiger partial charge in [-0.3, -0.25) is 0 Å². The van der Waals surface area contributed by atoms with Gasteiger partial charge >= 0.3 is 0 Å². The number of phenols is 1. The molecule has 1 aromatic heterocycles. The van der Waals surface area contributed by atoms with Gasteiger partial charge in [-0.2, -0.15) is 0 Å². The highest BCUT2D eigenvalue weighted by Gasteiger charge is 2.06. The van der Waals surface area contributed by atoms with Gasteiger partial charge in [0.25, 0.3) is 0 Å². The number of halogens is 2. The number of nitrogens with zero attached hydrogens (tertiary/aromatic N) is 1. The molecule has 0 unspecified atom stereocenters. The number of rotatable bonds is 5. The van der Waals surface area contributed by atoms with Crippen LogP contribution in [0.15, 0.2) is 79.0 Å². The van der Waals surface area contributed by atoms with Crippen molar-refractivity contribution in [3.63, 3.8) is 0 Å². The Morgan fingerprint density at radius 2 is 1.77 bits per heavy atom. The number of nitrogens with two attached hydrogens (primary N) is 1. The number of benzene rings is 3. The lowest BCUT2D eigenvalue weighted by atomic mass is 10.1. The fraction of sp³-hybridized carbons (Fsp3) is 0. The first-order valence-electron chi connectivity index (χ1n) is 9.13. The Labute approximate surface area is 177 Å². The highest BCUT2D eigenvalue weighted by atomic mass is 35.5. The predicted molar refractivity (Wildman–Crippen MR) is 120 cm³/mol. The van der Waals surface area contributed by atoms with E-state index in [1.54, 1.807) is 6.07 Å². The summed E-state index contributed by atoms with van der Waals surface area (Å²) < 4.78 is 13.4. The van der Waals surface area contributed by atoms with E-state index in [0.717, 1.165) is 22.3 Å². The van der Waals surface area contributed by atoms with Crippen molar-refractivity contribution in [3.05, 3.63) is 95.5 Å². The lowest BCUT2D eigenvalue weighted by molar-refractivity contribution is 0.432. The predicted octanol–water partition coefficient (Wildman–Crippen LogP) is 5.85. The van der Waals surface area contributed by atoms with Gasteiger partial charge in [0.1, 0.15) is 0 Å². The maximum Gasteiger partial charge on any atom is 0.166 e. The van der Waals surface area contributed by atoms with Crippen LogP contribution in [0.25, 0.3) is 16.6 Å². The Morgan fingerprint density at radius 3 is 2.53 bits per heavy atom. The van der Waals surface area contributed by atoms with Crippen molar-refractivity contribution in [3.8, 4) is 5.75 Å². The van der Waals surface area contributed by atoms with Crippen molar-refractivity contribution in [2.75, 3.05) is 10.6 Å². The van der Waals surface area contributed by atoms with E-state index in [-0.39, 0.29) is 0 Å². The van der Waals surface area contributed by atoms with Crippen LogP contribution in [0.4, 0.5) is 21.5 Å². The molecular weight excluding hydrogens is 403 g/mol. The van der Waals surface area contributed by atoms with Gasteiger partial charge in [-0.25, -0.2) is 9.37 Å². The standard InChI is InChI=1S/C23H18ClFN4O/c24-14-4-6-15(7-5-14)28-20-2-1-3-21-17(20)9-10-22(29-21)19(26)13-27-16-8-11-23(30)18(25)12-16/h1-13,27-28,30H,26H2/b19-13-. The van der Waals surface area contributed by atoms with Crippen LogP contribution in [-0.2, 0) is 0 Å². The van der Waals surface area contributed by atoms with Gasteiger partial charge in [0.2, 0.25) is 0 Å². The molecule has 1 heterocycles. The molecule has 5 N–H and O–H groups in total.